The van der Waals surface area contributed by atoms with E-state index >= 15 is 0 Å². The van der Waals surface area contributed by atoms with Crippen molar-refractivity contribution in [3.8, 4) is 0 Å². The molecule has 0 saturated heterocycles. The summed E-state index contributed by atoms with van der Waals surface area (Å²) in [5.41, 5.74) is -0.483. The van der Waals surface area contributed by atoms with E-state index in [1.165, 1.54) is 6.07 Å². The standard InChI is InChI=1S/C11H12N6O4/c1-6-15-10(21-16-6)5-14-11(18)7-3-9(12-2)13-4-8(7)17(19)20/h3-4H,5H2,1-2H3,(H,12,13)(H,14,18). The zero-order valence-electron chi connectivity index (χ0n) is 11.3. The molecule has 0 fully saturated rings. The first-order chi connectivity index (χ1) is 10.0. The zero-order chi connectivity index (χ0) is 15.4. The molecular formula is C11H12N6O4. The largest absolute Gasteiger partial charge is 0.373 e. The molecule has 10 heteroatoms. The molecule has 0 aliphatic rings. The fourth-order valence-electron chi connectivity index (χ4n) is 1.58. The van der Waals surface area contributed by atoms with Gasteiger partial charge in [-0.25, -0.2) is 4.98 Å². The van der Waals surface area contributed by atoms with Crippen LogP contribution in [0.2, 0.25) is 0 Å². The third-order valence-electron chi connectivity index (χ3n) is 2.55. The van der Waals surface area contributed by atoms with Crippen molar-refractivity contribution in [3.05, 3.63) is 39.7 Å². The Labute approximate surface area is 118 Å². The van der Waals surface area contributed by atoms with Crippen molar-refractivity contribution < 1.29 is 14.2 Å². The molecule has 2 aromatic rings. The third-order valence-corrected chi connectivity index (χ3v) is 2.55. The summed E-state index contributed by atoms with van der Waals surface area (Å²) in [6.07, 6.45) is 1.03. The first-order valence-corrected chi connectivity index (χ1v) is 5.91. The van der Waals surface area contributed by atoms with Crippen molar-refractivity contribution in [3.63, 3.8) is 0 Å². The van der Waals surface area contributed by atoms with Crippen LogP contribution in [0.1, 0.15) is 22.1 Å². The second-order valence-electron chi connectivity index (χ2n) is 4.01. The lowest BCUT2D eigenvalue weighted by Crippen LogP contribution is -2.24. The van der Waals surface area contributed by atoms with E-state index in [2.05, 4.69) is 25.8 Å². The minimum atomic E-state index is -0.668. The van der Waals surface area contributed by atoms with Gasteiger partial charge in [0.2, 0.25) is 5.89 Å². The van der Waals surface area contributed by atoms with Gasteiger partial charge in [-0.3, -0.25) is 14.9 Å². The topological polar surface area (TPSA) is 136 Å². The Hall–Kier alpha value is -3.04. The molecule has 2 heterocycles. The highest BCUT2D eigenvalue weighted by atomic mass is 16.6. The summed E-state index contributed by atoms with van der Waals surface area (Å²) in [4.78, 5) is 30.0. The first-order valence-electron chi connectivity index (χ1n) is 5.91. The van der Waals surface area contributed by atoms with Crippen molar-refractivity contribution in [2.75, 3.05) is 12.4 Å². The van der Waals surface area contributed by atoms with Gasteiger partial charge in [0, 0.05) is 13.1 Å². The molecule has 1 amide bonds. The Kier molecular flexibility index (Phi) is 4.07. The molecule has 0 saturated carbocycles. The van der Waals surface area contributed by atoms with Crippen LogP contribution in [-0.2, 0) is 6.54 Å². The number of carbonyl (C=O) groups excluding carboxylic acids is 1. The van der Waals surface area contributed by atoms with Crippen molar-refractivity contribution in [2.24, 2.45) is 0 Å². The SMILES string of the molecule is CNc1cc(C(=O)NCc2nc(C)no2)c([N+](=O)[O-])cn1. The molecule has 0 aliphatic carbocycles. The van der Waals surface area contributed by atoms with Crippen LogP contribution < -0.4 is 10.6 Å². The number of aromatic nitrogens is 3. The summed E-state index contributed by atoms with van der Waals surface area (Å²) < 4.78 is 4.84. The Balaban J connectivity index is 2.19. The Bertz CT molecular complexity index is 683. The Morgan fingerprint density at radius 2 is 2.29 bits per heavy atom. The van der Waals surface area contributed by atoms with Crippen molar-refractivity contribution in [2.45, 2.75) is 13.5 Å². The molecule has 2 aromatic heterocycles. The lowest BCUT2D eigenvalue weighted by atomic mass is 10.2. The molecule has 0 aliphatic heterocycles. The quantitative estimate of drug-likeness (QED) is 0.605. The van der Waals surface area contributed by atoms with Gasteiger partial charge in [0.1, 0.15) is 17.6 Å². The van der Waals surface area contributed by atoms with Crippen molar-refractivity contribution in [1.82, 2.24) is 20.4 Å². The van der Waals surface area contributed by atoms with Crippen LogP contribution in [-0.4, -0.2) is 33.0 Å². The summed E-state index contributed by atoms with van der Waals surface area (Å²) in [7, 11) is 1.59. The molecule has 0 atom stereocenters. The van der Waals surface area contributed by atoms with E-state index in [1.54, 1.807) is 14.0 Å². The van der Waals surface area contributed by atoms with E-state index in [9.17, 15) is 14.9 Å². The average Bonchev–Trinajstić information content (AvgIpc) is 2.89. The number of anilines is 1. The number of nitro groups is 1. The third kappa shape index (κ3) is 3.29. The van der Waals surface area contributed by atoms with Crippen LogP contribution in [0, 0.1) is 17.0 Å². The second kappa shape index (κ2) is 5.94. The van der Waals surface area contributed by atoms with E-state index in [0.717, 1.165) is 6.20 Å². The summed E-state index contributed by atoms with van der Waals surface area (Å²) in [6, 6.07) is 1.30. The molecule has 10 nitrogen and oxygen atoms in total. The van der Waals surface area contributed by atoms with Gasteiger partial charge < -0.3 is 15.2 Å². The Morgan fingerprint density at radius 3 is 2.86 bits per heavy atom. The van der Waals surface area contributed by atoms with Crippen LogP contribution in [0.25, 0.3) is 0 Å². The highest BCUT2D eigenvalue weighted by molar-refractivity contribution is 5.98. The highest BCUT2D eigenvalue weighted by Crippen LogP contribution is 2.20. The smallest absolute Gasteiger partial charge is 0.300 e. The summed E-state index contributed by atoms with van der Waals surface area (Å²) >= 11 is 0. The van der Waals surface area contributed by atoms with Gasteiger partial charge in [-0.15, -0.1) is 0 Å². The predicted octanol–water partition coefficient (Wildman–Crippen LogP) is 0.653. The predicted molar refractivity (Wildman–Crippen MR) is 70.6 cm³/mol. The number of hydrogen-bond donors (Lipinski definition) is 2. The van der Waals surface area contributed by atoms with E-state index in [0.29, 0.717) is 11.6 Å². The van der Waals surface area contributed by atoms with Gasteiger partial charge in [-0.1, -0.05) is 5.16 Å². The molecule has 0 aromatic carbocycles. The van der Waals surface area contributed by atoms with E-state index in [4.69, 9.17) is 4.52 Å². The number of hydrogen-bond acceptors (Lipinski definition) is 8. The maximum atomic E-state index is 12.1. The highest BCUT2D eigenvalue weighted by Gasteiger charge is 2.21. The Morgan fingerprint density at radius 1 is 1.52 bits per heavy atom. The van der Waals surface area contributed by atoms with Gasteiger partial charge >= 0.3 is 0 Å². The van der Waals surface area contributed by atoms with Crippen molar-refractivity contribution >= 4 is 17.4 Å². The number of rotatable bonds is 5. The average molecular weight is 292 g/mol. The van der Waals surface area contributed by atoms with E-state index < -0.39 is 10.8 Å². The molecule has 2 N–H and O–H groups in total. The monoisotopic (exact) mass is 292 g/mol. The molecule has 21 heavy (non-hydrogen) atoms. The number of amides is 1. The van der Waals surface area contributed by atoms with Crippen LogP contribution in [0.5, 0.6) is 0 Å². The lowest BCUT2D eigenvalue weighted by Gasteiger charge is -2.05. The second-order valence-corrected chi connectivity index (χ2v) is 4.01. The van der Waals surface area contributed by atoms with Gasteiger partial charge in [0.25, 0.3) is 11.6 Å². The minimum Gasteiger partial charge on any atom is -0.373 e. The van der Waals surface area contributed by atoms with Crippen LogP contribution in [0.4, 0.5) is 11.5 Å². The van der Waals surface area contributed by atoms with Gasteiger partial charge in [0.05, 0.1) is 11.5 Å². The molecule has 0 radical (unpaired) electrons. The number of nitrogens with one attached hydrogen (secondary N) is 2. The number of nitrogens with zero attached hydrogens (tertiary/aromatic N) is 4. The minimum absolute atomic E-state index is 0.0198. The maximum Gasteiger partial charge on any atom is 0.300 e. The molecule has 110 valence electrons. The van der Waals surface area contributed by atoms with E-state index in [1.807, 2.05) is 0 Å². The molecule has 0 unspecified atom stereocenters. The molecular weight excluding hydrogens is 280 g/mol. The van der Waals surface area contributed by atoms with E-state index in [-0.39, 0.29) is 23.7 Å². The zero-order valence-corrected chi connectivity index (χ0v) is 11.3. The molecule has 0 spiro atoms. The van der Waals surface area contributed by atoms with Gasteiger partial charge in [-0.05, 0) is 6.92 Å². The first kappa shape index (κ1) is 14.4. The van der Waals surface area contributed by atoms with Gasteiger partial charge in [0.15, 0.2) is 5.82 Å². The number of carbonyl (C=O) groups is 1. The lowest BCUT2D eigenvalue weighted by molar-refractivity contribution is -0.385. The summed E-state index contributed by atoms with van der Waals surface area (Å²) in [5, 5.41) is 19.7. The summed E-state index contributed by atoms with van der Waals surface area (Å²) in [5.74, 6) is 0.369. The molecule has 2 rings (SSSR count). The maximum absolute atomic E-state index is 12.1. The number of pyridine rings is 1. The van der Waals surface area contributed by atoms with Crippen LogP contribution >= 0.6 is 0 Å². The van der Waals surface area contributed by atoms with Crippen LogP contribution in [0.15, 0.2) is 16.8 Å². The number of aryl methyl sites for hydroxylation is 1. The fourth-order valence-corrected chi connectivity index (χ4v) is 1.58. The van der Waals surface area contributed by atoms with Gasteiger partial charge in [-0.2, -0.15) is 4.98 Å². The fraction of sp³-hybridized carbons (Fsp3) is 0.273. The normalized spacial score (nSPS) is 10.2. The van der Waals surface area contributed by atoms with Crippen molar-refractivity contribution in [1.29, 1.82) is 0 Å². The van der Waals surface area contributed by atoms with Crippen LogP contribution in [0.3, 0.4) is 0 Å². The summed E-state index contributed by atoms with van der Waals surface area (Å²) in [6.45, 7) is 1.62. The molecule has 0 bridgehead atoms.